The van der Waals surface area contributed by atoms with E-state index >= 15 is 0 Å². The second-order valence-electron chi connectivity index (χ2n) is 5.94. The maximum atomic E-state index is 13.1. The maximum absolute atomic E-state index is 13.1. The van der Waals surface area contributed by atoms with Gasteiger partial charge in [0.25, 0.3) is 0 Å². The van der Waals surface area contributed by atoms with Crippen LogP contribution < -0.4 is 19.6 Å². The number of fused-ring (bicyclic) bond motifs is 1. The van der Waals surface area contributed by atoms with Crippen LogP contribution in [-0.2, 0) is 9.53 Å². The Morgan fingerprint density at radius 3 is 2.39 bits per heavy atom. The van der Waals surface area contributed by atoms with Gasteiger partial charge in [-0.25, -0.2) is 4.79 Å². The summed E-state index contributed by atoms with van der Waals surface area (Å²) in [4.78, 5) is 24.9. The van der Waals surface area contributed by atoms with E-state index in [2.05, 4.69) is 0 Å². The molecule has 2 aromatic carbocycles. The van der Waals surface area contributed by atoms with Gasteiger partial charge in [0, 0.05) is 5.56 Å². The number of methoxy groups -OCH3 is 3. The van der Waals surface area contributed by atoms with Crippen LogP contribution in [0, 0.1) is 0 Å². The zero-order chi connectivity index (χ0) is 20.3. The Morgan fingerprint density at radius 1 is 1.00 bits per heavy atom. The molecular formula is C21H20O7. The van der Waals surface area contributed by atoms with Crippen molar-refractivity contribution in [2.45, 2.75) is 13.0 Å². The van der Waals surface area contributed by atoms with Crippen LogP contribution in [0.4, 0.5) is 0 Å². The summed E-state index contributed by atoms with van der Waals surface area (Å²) in [5.41, 5.74) is 0.547. The first kappa shape index (κ1) is 19.3. The molecule has 0 aliphatic heterocycles. The van der Waals surface area contributed by atoms with E-state index in [1.54, 1.807) is 42.5 Å². The molecule has 0 unspecified atom stereocenters. The summed E-state index contributed by atoms with van der Waals surface area (Å²) in [7, 11) is 4.29. The molecule has 0 fully saturated rings. The Hall–Kier alpha value is -3.48. The Bertz CT molecular complexity index is 1070. The van der Waals surface area contributed by atoms with E-state index < -0.39 is 12.1 Å². The summed E-state index contributed by atoms with van der Waals surface area (Å²) >= 11 is 0. The highest BCUT2D eigenvalue weighted by atomic mass is 16.6. The number of para-hydroxylation sites is 1. The van der Waals surface area contributed by atoms with Crippen LogP contribution in [0.2, 0.25) is 0 Å². The number of hydrogen-bond acceptors (Lipinski definition) is 7. The van der Waals surface area contributed by atoms with Gasteiger partial charge in [-0.3, -0.25) is 4.79 Å². The van der Waals surface area contributed by atoms with E-state index in [9.17, 15) is 9.59 Å². The molecule has 0 aliphatic carbocycles. The minimum atomic E-state index is -0.993. The third-order valence-electron chi connectivity index (χ3n) is 4.23. The lowest BCUT2D eigenvalue weighted by atomic mass is 10.1. The van der Waals surface area contributed by atoms with Crippen LogP contribution >= 0.6 is 0 Å². The average molecular weight is 384 g/mol. The van der Waals surface area contributed by atoms with Gasteiger partial charge in [-0.05, 0) is 37.3 Å². The molecule has 3 aromatic rings. The van der Waals surface area contributed by atoms with E-state index in [0.29, 0.717) is 28.0 Å². The van der Waals surface area contributed by atoms with Crippen molar-refractivity contribution in [1.82, 2.24) is 0 Å². The van der Waals surface area contributed by atoms with Crippen molar-refractivity contribution in [2.24, 2.45) is 0 Å². The third kappa shape index (κ3) is 3.51. The molecule has 0 bridgehead atoms. The van der Waals surface area contributed by atoms with Crippen LogP contribution in [0.5, 0.6) is 17.2 Å². The minimum absolute atomic E-state index is 0.0798. The summed E-state index contributed by atoms with van der Waals surface area (Å²) in [5.74, 6) is 0.484. The van der Waals surface area contributed by atoms with Crippen LogP contribution in [0.15, 0.2) is 51.7 Å². The van der Waals surface area contributed by atoms with Crippen molar-refractivity contribution in [1.29, 1.82) is 0 Å². The summed E-state index contributed by atoms with van der Waals surface area (Å²) in [6, 6.07) is 11.9. The Kier molecular flexibility index (Phi) is 5.54. The lowest BCUT2D eigenvalue weighted by Gasteiger charge is -2.16. The highest BCUT2D eigenvalue weighted by molar-refractivity contribution is 5.83. The summed E-state index contributed by atoms with van der Waals surface area (Å²) < 4.78 is 26.9. The molecule has 7 nitrogen and oxygen atoms in total. The topological polar surface area (TPSA) is 84.2 Å². The molecule has 0 radical (unpaired) electrons. The van der Waals surface area contributed by atoms with Gasteiger partial charge >= 0.3 is 5.97 Å². The number of carbonyl (C=O) groups is 1. The largest absolute Gasteiger partial charge is 0.493 e. The fraction of sp³-hybridized carbons (Fsp3) is 0.238. The standard InChI is InChI=1S/C21H20O7/c1-12(21(23)26-4)27-20-18(22)14-7-5-6-8-15(14)28-19(20)13-9-10-16(24-2)17(11-13)25-3/h5-12H,1-4H3/t12-/m0/s1. The zero-order valence-corrected chi connectivity index (χ0v) is 16.0. The predicted octanol–water partition coefficient (Wildman–Crippen LogP) is 3.42. The average Bonchev–Trinajstić information content (AvgIpc) is 2.74. The monoisotopic (exact) mass is 384 g/mol. The first-order valence-corrected chi connectivity index (χ1v) is 8.52. The maximum Gasteiger partial charge on any atom is 0.346 e. The normalized spacial score (nSPS) is 11.7. The van der Waals surface area contributed by atoms with Crippen molar-refractivity contribution in [3.8, 4) is 28.6 Å². The van der Waals surface area contributed by atoms with Crippen LogP contribution in [0.1, 0.15) is 6.92 Å². The Morgan fingerprint density at radius 2 is 1.71 bits per heavy atom. The van der Waals surface area contributed by atoms with E-state index in [-0.39, 0.29) is 16.9 Å². The van der Waals surface area contributed by atoms with Gasteiger partial charge in [-0.2, -0.15) is 0 Å². The van der Waals surface area contributed by atoms with Crippen molar-refractivity contribution in [2.75, 3.05) is 21.3 Å². The SMILES string of the molecule is COC(=O)[C@H](C)Oc1c(-c2ccc(OC)c(OC)c2)oc2ccccc2c1=O. The van der Waals surface area contributed by atoms with E-state index in [1.807, 2.05) is 0 Å². The highest BCUT2D eigenvalue weighted by Gasteiger charge is 2.24. The molecule has 1 heterocycles. The molecule has 0 spiro atoms. The molecule has 7 heteroatoms. The Labute approximate surface area is 161 Å². The van der Waals surface area contributed by atoms with E-state index in [0.717, 1.165) is 0 Å². The molecule has 0 saturated carbocycles. The molecular weight excluding hydrogens is 364 g/mol. The smallest absolute Gasteiger partial charge is 0.346 e. The molecule has 146 valence electrons. The summed E-state index contributed by atoms with van der Waals surface area (Å²) in [6.07, 6.45) is -0.993. The van der Waals surface area contributed by atoms with Crippen molar-refractivity contribution in [3.05, 3.63) is 52.7 Å². The van der Waals surface area contributed by atoms with E-state index in [4.69, 9.17) is 23.4 Å². The van der Waals surface area contributed by atoms with Crippen LogP contribution in [0.25, 0.3) is 22.3 Å². The van der Waals surface area contributed by atoms with Gasteiger partial charge in [0.1, 0.15) is 5.58 Å². The van der Waals surface area contributed by atoms with Gasteiger partial charge in [0.05, 0.1) is 26.7 Å². The first-order valence-electron chi connectivity index (χ1n) is 8.52. The molecule has 1 aromatic heterocycles. The number of benzene rings is 2. The first-order chi connectivity index (χ1) is 13.5. The molecule has 0 N–H and O–H groups in total. The van der Waals surface area contributed by atoms with Crippen LogP contribution in [-0.4, -0.2) is 33.4 Å². The van der Waals surface area contributed by atoms with Gasteiger partial charge in [0.15, 0.2) is 23.4 Å². The summed E-state index contributed by atoms with van der Waals surface area (Å²) in [6.45, 7) is 1.50. The lowest BCUT2D eigenvalue weighted by molar-refractivity contribution is -0.147. The quantitative estimate of drug-likeness (QED) is 0.602. The second kappa shape index (κ2) is 8.04. The number of esters is 1. The van der Waals surface area contributed by atoms with Crippen molar-refractivity contribution < 1.29 is 28.2 Å². The molecule has 1 atom stereocenters. The van der Waals surface area contributed by atoms with Crippen molar-refractivity contribution in [3.63, 3.8) is 0 Å². The second-order valence-corrected chi connectivity index (χ2v) is 5.94. The fourth-order valence-electron chi connectivity index (χ4n) is 2.79. The molecule has 28 heavy (non-hydrogen) atoms. The number of carbonyl (C=O) groups excluding carboxylic acids is 1. The predicted molar refractivity (Wildman–Crippen MR) is 103 cm³/mol. The number of hydrogen-bond donors (Lipinski definition) is 0. The van der Waals surface area contributed by atoms with Gasteiger partial charge in [0.2, 0.25) is 11.2 Å². The van der Waals surface area contributed by atoms with E-state index in [1.165, 1.54) is 28.3 Å². The fourth-order valence-corrected chi connectivity index (χ4v) is 2.79. The summed E-state index contributed by atoms with van der Waals surface area (Å²) in [5, 5.41) is 0.346. The van der Waals surface area contributed by atoms with Gasteiger partial charge in [-0.15, -0.1) is 0 Å². The zero-order valence-electron chi connectivity index (χ0n) is 16.0. The van der Waals surface area contributed by atoms with Crippen LogP contribution in [0.3, 0.4) is 0 Å². The Balaban J connectivity index is 2.24. The van der Waals surface area contributed by atoms with Gasteiger partial charge < -0.3 is 23.4 Å². The number of ether oxygens (including phenoxy) is 4. The number of rotatable bonds is 6. The minimum Gasteiger partial charge on any atom is -0.493 e. The third-order valence-corrected chi connectivity index (χ3v) is 4.23. The molecule has 0 amide bonds. The molecule has 0 saturated heterocycles. The lowest BCUT2D eigenvalue weighted by Crippen LogP contribution is -2.27. The molecule has 0 aliphatic rings. The van der Waals surface area contributed by atoms with Gasteiger partial charge in [-0.1, -0.05) is 12.1 Å². The molecule has 3 rings (SSSR count). The highest BCUT2D eigenvalue weighted by Crippen LogP contribution is 2.37. The van der Waals surface area contributed by atoms with Crippen molar-refractivity contribution >= 4 is 16.9 Å².